The van der Waals surface area contributed by atoms with E-state index in [0.29, 0.717) is 10.0 Å². The average molecular weight is 298 g/mol. The maximum atomic E-state index is 14.0. The van der Waals surface area contributed by atoms with Crippen molar-refractivity contribution in [2.24, 2.45) is 7.05 Å². The monoisotopic (exact) mass is 297 g/mol. The second-order valence-electron chi connectivity index (χ2n) is 3.79. The van der Waals surface area contributed by atoms with Crippen LogP contribution in [0.2, 0.25) is 0 Å². The molecule has 0 bridgehead atoms. The maximum Gasteiger partial charge on any atom is 0.142 e. The Morgan fingerprint density at radius 2 is 2.24 bits per heavy atom. The van der Waals surface area contributed by atoms with Crippen LogP contribution >= 0.6 is 15.9 Å². The Morgan fingerprint density at radius 3 is 2.82 bits per heavy atom. The molecule has 2 aromatic rings. The van der Waals surface area contributed by atoms with Gasteiger partial charge in [0.05, 0.1) is 28.7 Å². The fourth-order valence-electron chi connectivity index (χ4n) is 1.85. The van der Waals surface area contributed by atoms with Gasteiger partial charge in [0.2, 0.25) is 0 Å². The molecule has 1 aromatic heterocycles. The lowest BCUT2D eigenvalue weighted by atomic mass is 10.0. The third-order valence-electron chi connectivity index (χ3n) is 2.73. The standard InChI is InChI=1S/C12H13BrFN3/c1-15-12(10-6-16-7-17(10)2)8-4-3-5-9(13)11(8)14/h3-7,12,15H,1-2H3. The van der Waals surface area contributed by atoms with E-state index < -0.39 is 0 Å². The maximum absolute atomic E-state index is 14.0. The van der Waals surface area contributed by atoms with Gasteiger partial charge in [-0.15, -0.1) is 0 Å². The van der Waals surface area contributed by atoms with Gasteiger partial charge in [0.15, 0.2) is 0 Å². The molecule has 1 unspecified atom stereocenters. The van der Waals surface area contributed by atoms with Crippen LogP contribution in [0.3, 0.4) is 0 Å². The van der Waals surface area contributed by atoms with E-state index in [0.717, 1.165) is 5.69 Å². The van der Waals surface area contributed by atoms with Gasteiger partial charge in [0.1, 0.15) is 5.82 Å². The van der Waals surface area contributed by atoms with Crippen LogP contribution in [0.25, 0.3) is 0 Å². The van der Waals surface area contributed by atoms with Crippen molar-refractivity contribution in [3.8, 4) is 0 Å². The molecule has 17 heavy (non-hydrogen) atoms. The van der Waals surface area contributed by atoms with Crippen molar-refractivity contribution >= 4 is 15.9 Å². The van der Waals surface area contributed by atoms with Crippen molar-refractivity contribution in [1.29, 1.82) is 0 Å². The number of hydrogen-bond donors (Lipinski definition) is 1. The van der Waals surface area contributed by atoms with Crippen LogP contribution in [-0.2, 0) is 7.05 Å². The first kappa shape index (κ1) is 12.3. The number of rotatable bonds is 3. The third-order valence-corrected chi connectivity index (χ3v) is 3.34. The molecule has 0 aliphatic carbocycles. The van der Waals surface area contributed by atoms with Crippen LogP contribution in [0.5, 0.6) is 0 Å². The first-order valence-electron chi connectivity index (χ1n) is 5.22. The number of nitrogens with zero attached hydrogens (tertiary/aromatic N) is 2. The van der Waals surface area contributed by atoms with E-state index in [9.17, 15) is 4.39 Å². The van der Waals surface area contributed by atoms with E-state index in [2.05, 4.69) is 26.2 Å². The Hall–Kier alpha value is -1.20. The lowest BCUT2D eigenvalue weighted by molar-refractivity contribution is 0.557. The number of nitrogens with one attached hydrogen (secondary N) is 1. The largest absolute Gasteiger partial charge is 0.336 e. The summed E-state index contributed by atoms with van der Waals surface area (Å²) in [7, 11) is 3.70. The van der Waals surface area contributed by atoms with E-state index in [1.807, 2.05) is 17.7 Å². The number of benzene rings is 1. The smallest absolute Gasteiger partial charge is 0.142 e. The molecule has 0 radical (unpaired) electrons. The Morgan fingerprint density at radius 1 is 1.47 bits per heavy atom. The van der Waals surface area contributed by atoms with Crippen LogP contribution in [0.4, 0.5) is 4.39 Å². The number of aromatic nitrogens is 2. The Balaban J connectivity index is 2.50. The van der Waals surface area contributed by atoms with Crippen LogP contribution in [0, 0.1) is 5.82 Å². The summed E-state index contributed by atoms with van der Waals surface area (Å²) in [5.74, 6) is -0.243. The Kier molecular flexibility index (Phi) is 3.59. The van der Waals surface area contributed by atoms with Crippen molar-refractivity contribution in [2.75, 3.05) is 7.05 Å². The van der Waals surface area contributed by atoms with Gasteiger partial charge in [0, 0.05) is 12.6 Å². The molecule has 0 fully saturated rings. The van der Waals surface area contributed by atoms with Gasteiger partial charge in [-0.25, -0.2) is 9.37 Å². The summed E-state index contributed by atoms with van der Waals surface area (Å²) in [6.07, 6.45) is 3.44. The molecule has 0 amide bonds. The molecule has 90 valence electrons. The van der Waals surface area contributed by atoms with E-state index in [1.165, 1.54) is 0 Å². The molecular formula is C12H13BrFN3. The number of halogens is 2. The molecule has 0 spiro atoms. The average Bonchev–Trinajstić information content (AvgIpc) is 2.72. The van der Waals surface area contributed by atoms with Crippen LogP contribution in [-0.4, -0.2) is 16.6 Å². The predicted molar refractivity (Wildman–Crippen MR) is 68.2 cm³/mol. The second-order valence-corrected chi connectivity index (χ2v) is 4.65. The van der Waals surface area contributed by atoms with Crippen molar-refractivity contribution in [3.05, 3.63) is 52.3 Å². The highest BCUT2D eigenvalue weighted by atomic mass is 79.9. The summed E-state index contributed by atoms with van der Waals surface area (Å²) < 4.78 is 16.4. The zero-order valence-electron chi connectivity index (χ0n) is 9.61. The minimum atomic E-state index is -0.243. The SMILES string of the molecule is CNC(c1cccc(Br)c1F)c1cncn1C. The molecule has 1 aromatic carbocycles. The minimum Gasteiger partial charge on any atom is -0.336 e. The van der Waals surface area contributed by atoms with Crippen molar-refractivity contribution < 1.29 is 4.39 Å². The number of hydrogen-bond acceptors (Lipinski definition) is 2. The molecule has 1 atom stereocenters. The van der Waals surface area contributed by atoms with Crippen LogP contribution < -0.4 is 5.32 Å². The fourth-order valence-corrected chi connectivity index (χ4v) is 2.23. The van der Waals surface area contributed by atoms with Crippen LogP contribution in [0.1, 0.15) is 17.3 Å². The minimum absolute atomic E-state index is 0.208. The van der Waals surface area contributed by atoms with E-state index >= 15 is 0 Å². The third kappa shape index (κ3) is 2.25. The number of imidazole rings is 1. The summed E-state index contributed by atoms with van der Waals surface area (Å²) >= 11 is 3.20. The Labute approximate surface area is 108 Å². The predicted octanol–water partition coefficient (Wildman–Crippen LogP) is 2.63. The van der Waals surface area contributed by atoms with Gasteiger partial charge >= 0.3 is 0 Å². The zero-order chi connectivity index (χ0) is 12.4. The second kappa shape index (κ2) is 4.98. The molecule has 2 rings (SSSR count). The van der Waals surface area contributed by atoms with Crippen molar-refractivity contribution in [3.63, 3.8) is 0 Å². The first-order chi connectivity index (χ1) is 8.15. The normalized spacial score (nSPS) is 12.7. The van der Waals surface area contributed by atoms with Gasteiger partial charge in [-0.3, -0.25) is 0 Å². The molecule has 0 aliphatic rings. The van der Waals surface area contributed by atoms with E-state index in [1.54, 1.807) is 31.7 Å². The first-order valence-corrected chi connectivity index (χ1v) is 6.02. The summed E-state index contributed by atoms with van der Waals surface area (Å²) in [5, 5.41) is 3.11. The zero-order valence-corrected chi connectivity index (χ0v) is 11.2. The summed E-state index contributed by atoms with van der Waals surface area (Å²) in [5.41, 5.74) is 1.52. The van der Waals surface area contributed by atoms with E-state index in [4.69, 9.17) is 0 Å². The summed E-state index contributed by atoms with van der Waals surface area (Å²) in [6.45, 7) is 0. The van der Waals surface area contributed by atoms with Gasteiger partial charge in [0.25, 0.3) is 0 Å². The molecule has 3 nitrogen and oxygen atoms in total. The molecule has 0 saturated heterocycles. The molecule has 1 N–H and O–H groups in total. The quantitative estimate of drug-likeness (QED) is 0.944. The lowest BCUT2D eigenvalue weighted by Crippen LogP contribution is -2.21. The highest BCUT2D eigenvalue weighted by Gasteiger charge is 2.19. The van der Waals surface area contributed by atoms with Gasteiger partial charge < -0.3 is 9.88 Å². The van der Waals surface area contributed by atoms with Gasteiger partial charge in [-0.1, -0.05) is 12.1 Å². The molecular weight excluding hydrogens is 285 g/mol. The summed E-state index contributed by atoms with van der Waals surface area (Å²) in [6, 6.07) is 5.08. The van der Waals surface area contributed by atoms with Gasteiger partial charge in [-0.05, 0) is 29.0 Å². The molecule has 1 heterocycles. The fraction of sp³-hybridized carbons (Fsp3) is 0.250. The van der Waals surface area contributed by atoms with E-state index in [-0.39, 0.29) is 11.9 Å². The van der Waals surface area contributed by atoms with Crippen molar-refractivity contribution in [1.82, 2.24) is 14.9 Å². The molecule has 0 aliphatic heterocycles. The van der Waals surface area contributed by atoms with Crippen molar-refractivity contribution in [2.45, 2.75) is 6.04 Å². The molecule has 0 saturated carbocycles. The lowest BCUT2D eigenvalue weighted by Gasteiger charge is -2.18. The highest BCUT2D eigenvalue weighted by Crippen LogP contribution is 2.27. The topological polar surface area (TPSA) is 29.9 Å². The van der Waals surface area contributed by atoms with Gasteiger partial charge in [-0.2, -0.15) is 0 Å². The highest BCUT2D eigenvalue weighted by molar-refractivity contribution is 9.10. The van der Waals surface area contributed by atoms with Crippen LogP contribution in [0.15, 0.2) is 35.2 Å². The summed E-state index contributed by atoms with van der Waals surface area (Å²) in [4.78, 5) is 4.06. The number of aryl methyl sites for hydroxylation is 1. The molecule has 5 heteroatoms. The Bertz CT molecular complexity index is 524.